The molecule has 2 fully saturated rings. The topological polar surface area (TPSA) is 49.4 Å². The van der Waals surface area contributed by atoms with Crippen LogP contribution < -0.4 is 5.32 Å². The van der Waals surface area contributed by atoms with Crippen LogP contribution in [0.25, 0.3) is 0 Å². The molecule has 106 valence electrons. The lowest BCUT2D eigenvalue weighted by Crippen LogP contribution is -2.50. The molecule has 1 unspecified atom stereocenters. The van der Waals surface area contributed by atoms with Crippen molar-refractivity contribution in [2.24, 2.45) is 0 Å². The molecule has 0 amide bonds. The van der Waals surface area contributed by atoms with Gasteiger partial charge in [-0.25, -0.2) is 8.42 Å². The Morgan fingerprint density at radius 3 is 2.39 bits per heavy atom. The Kier molecular flexibility index (Phi) is 5.04. The molecule has 1 saturated heterocycles. The fraction of sp³-hybridized carbons (Fsp3) is 1.00. The predicted molar refractivity (Wildman–Crippen MR) is 74.1 cm³/mol. The van der Waals surface area contributed by atoms with Crippen LogP contribution in [0.3, 0.4) is 0 Å². The number of rotatable bonds is 4. The maximum Gasteiger partial charge on any atom is 0.218 e. The molecule has 0 aromatic heterocycles. The minimum absolute atomic E-state index is 0.201. The van der Waals surface area contributed by atoms with Gasteiger partial charge in [-0.1, -0.05) is 26.2 Å². The summed E-state index contributed by atoms with van der Waals surface area (Å²) >= 11 is 0. The number of nitrogens with zero attached hydrogens (tertiary/aromatic N) is 1. The molecule has 1 saturated carbocycles. The summed E-state index contributed by atoms with van der Waals surface area (Å²) < 4.78 is 27.2. The maximum atomic E-state index is 12.7. The third-order valence-electron chi connectivity index (χ3n) is 4.29. The van der Waals surface area contributed by atoms with E-state index in [4.69, 9.17) is 0 Å². The first-order valence-corrected chi connectivity index (χ1v) is 8.88. The zero-order valence-corrected chi connectivity index (χ0v) is 12.2. The summed E-state index contributed by atoms with van der Waals surface area (Å²) in [6.07, 6.45) is 7.52. The molecule has 5 heteroatoms. The van der Waals surface area contributed by atoms with Gasteiger partial charge >= 0.3 is 0 Å². The molecule has 1 N–H and O–H groups in total. The molecule has 2 rings (SSSR count). The lowest BCUT2D eigenvalue weighted by atomic mass is 9.95. The molecule has 2 aliphatic rings. The molecule has 1 heterocycles. The van der Waals surface area contributed by atoms with E-state index in [0.29, 0.717) is 13.1 Å². The Hall–Kier alpha value is -0.130. The highest BCUT2D eigenvalue weighted by molar-refractivity contribution is 7.89. The largest absolute Gasteiger partial charge is 0.315 e. The molecule has 0 aromatic rings. The van der Waals surface area contributed by atoms with E-state index in [-0.39, 0.29) is 11.3 Å². The van der Waals surface area contributed by atoms with Gasteiger partial charge in [0, 0.05) is 19.1 Å². The minimum atomic E-state index is -3.10. The van der Waals surface area contributed by atoms with E-state index >= 15 is 0 Å². The van der Waals surface area contributed by atoms with Crippen LogP contribution in [-0.2, 0) is 10.0 Å². The number of piperidine rings is 1. The quantitative estimate of drug-likeness (QED) is 0.849. The summed E-state index contributed by atoms with van der Waals surface area (Å²) in [5.41, 5.74) is 0. The first-order chi connectivity index (χ1) is 8.66. The molecule has 0 bridgehead atoms. The number of hydrogen-bond acceptors (Lipinski definition) is 3. The summed E-state index contributed by atoms with van der Waals surface area (Å²) in [6.45, 7) is 4.19. The third kappa shape index (κ3) is 3.06. The van der Waals surface area contributed by atoms with Gasteiger partial charge in [-0.3, -0.25) is 0 Å². The van der Waals surface area contributed by atoms with Crippen molar-refractivity contribution >= 4 is 10.0 Å². The smallest absolute Gasteiger partial charge is 0.218 e. The zero-order chi connectivity index (χ0) is 13.0. The van der Waals surface area contributed by atoms with E-state index in [9.17, 15) is 8.42 Å². The molecule has 0 radical (unpaired) electrons. The van der Waals surface area contributed by atoms with Crippen molar-refractivity contribution in [3.63, 3.8) is 0 Å². The first-order valence-electron chi connectivity index (χ1n) is 7.37. The molecule has 1 aliphatic carbocycles. The predicted octanol–water partition coefficient (Wildman–Crippen LogP) is 1.72. The molecule has 0 spiro atoms. The molecule has 0 aromatic carbocycles. The third-order valence-corrected chi connectivity index (χ3v) is 6.75. The van der Waals surface area contributed by atoms with Gasteiger partial charge in [0.1, 0.15) is 0 Å². The van der Waals surface area contributed by atoms with Crippen molar-refractivity contribution in [3.8, 4) is 0 Å². The number of sulfonamides is 1. The lowest BCUT2D eigenvalue weighted by molar-refractivity contribution is 0.257. The van der Waals surface area contributed by atoms with Crippen molar-refractivity contribution in [1.82, 2.24) is 9.62 Å². The van der Waals surface area contributed by atoms with Gasteiger partial charge in [0.15, 0.2) is 0 Å². The highest BCUT2D eigenvalue weighted by Gasteiger charge is 2.36. The van der Waals surface area contributed by atoms with Crippen LogP contribution in [0.4, 0.5) is 0 Å². The Morgan fingerprint density at radius 1 is 1.11 bits per heavy atom. The lowest BCUT2D eigenvalue weighted by Gasteiger charge is -2.36. The molecular formula is C13H26N2O2S. The van der Waals surface area contributed by atoms with Gasteiger partial charge in [-0.2, -0.15) is 4.31 Å². The first kappa shape index (κ1) is 14.3. The Labute approximate surface area is 111 Å². The van der Waals surface area contributed by atoms with Crippen LogP contribution in [0.1, 0.15) is 51.9 Å². The van der Waals surface area contributed by atoms with Crippen molar-refractivity contribution in [2.45, 2.75) is 63.2 Å². The highest BCUT2D eigenvalue weighted by Crippen LogP contribution is 2.27. The van der Waals surface area contributed by atoms with Crippen molar-refractivity contribution in [3.05, 3.63) is 0 Å². The monoisotopic (exact) mass is 274 g/mol. The van der Waals surface area contributed by atoms with Crippen molar-refractivity contribution in [2.75, 3.05) is 19.6 Å². The van der Waals surface area contributed by atoms with Crippen LogP contribution in [0.15, 0.2) is 0 Å². The van der Waals surface area contributed by atoms with E-state index in [0.717, 1.165) is 32.2 Å². The van der Waals surface area contributed by atoms with Gasteiger partial charge in [0.25, 0.3) is 0 Å². The van der Waals surface area contributed by atoms with Gasteiger partial charge < -0.3 is 5.32 Å². The summed E-state index contributed by atoms with van der Waals surface area (Å²) in [5, 5.41) is 3.02. The molecular weight excluding hydrogens is 248 g/mol. The maximum absolute atomic E-state index is 12.7. The summed E-state index contributed by atoms with van der Waals surface area (Å²) in [6, 6.07) is 0.260. The van der Waals surface area contributed by atoms with Crippen molar-refractivity contribution in [1.29, 1.82) is 0 Å². The molecule has 4 nitrogen and oxygen atoms in total. The van der Waals surface area contributed by atoms with Gasteiger partial charge in [0.05, 0.1) is 5.25 Å². The van der Waals surface area contributed by atoms with E-state index in [2.05, 4.69) is 5.32 Å². The standard InChI is InChI=1S/C13H26N2O2S/c1-2-15(12-7-4-3-5-8-12)18(16,17)13-9-6-10-14-11-13/h12-14H,2-11H2,1H3. The molecule has 1 aliphatic heterocycles. The van der Waals surface area contributed by atoms with Gasteiger partial charge in [-0.15, -0.1) is 0 Å². The summed E-state index contributed by atoms with van der Waals surface area (Å²) in [5.74, 6) is 0. The van der Waals surface area contributed by atoms with E-state index in [1.54, 1.807) is 4.31 Å². The number of hydrogen-bond donors (Lipinski definition) is 1. The average Bonchev–Trinajstić information content (AvgIpc) is 2.41. The van der Waals surface area contributed by atoms with E-state index in [1.807, 2.05) is 6.92 Å². The Bertz CT molecular complexity index is 344. The fourth-order valence-electron chi connectivity index (χ4n) is 3.28. The Morgan fingerprint density at radius 2 is 1.83 bits per heavy atom. The van der Waals surface area contributed by atoms with E-state index < -0.39 is 10.0 Å². The second kappa shape index (κ2) is 6.35. The highest BCUT2D eigenvalue weighted by atomic mass is 32.2. The second-order valence-electron chi connectivity index (χ2n) is 5.51. The van der Waals surface area contributed by atoms with Crippen LogP contribution >= 0.6 is 0 Å². The zero-order valence-electron chi connectivity index (χ0n) is 11.4. The summed E-state index contributed by atoms with van der Waals surface area (Å²) in [7, 11) is -3.10. The SMILES string of the molecule is CCN(C1CCCCC1)S(=O)(=O)C1CCCNC1. The average molecular weight is 274 g/mol. The van der Waals surface area contributed by atoms with Gasteiger partial charge in [-0.05, 0) is 32.2 Å². The van der Waals surface area contributed by atoms with Gasteiger partial charge in [0.2, 0.25) is 10.0 Å². The van der Waals surface area contributed by atoms with E-state index in [1.165, 1.54) is 19.3 Å². The molecule has 1 atom stereocenters. The second-order valence-corrected chi connectivity index (χ2v) is 7.67. The number of nitrogens with one attached hydrogen (secondary N) is 1. The van der Waals surface area contributed by atoms with Crippen LogP contribution in [-0.4, -0.2) is 43.6 Å². The normalized spacial score (nSPS) is 27.6. The molecule has 18 heavy (non-hydrogen) atoms. The van der Waals surface area contributed by atoms with Crippen LogP contribution in [0.5, 0.6) is 0 Å². The van der Waals surface area contributed by atoms with Crippen LogP contribution in [0.2, 0.25) is 0 Å². The van der Waals surface area contributed by atoms with Crippen LogP contribution in [0, 0.1) is 0 Å². The minimum Gasteiger partial charge on any atom is -0.315 e. The fourth-order valence-corrected chi connectivity index (χ4v) is 5.44. The van der Waals surface area contributed by atoms with Crippen molar-refractivity contribution < 1.29 is 8.42 Å². The summed E-state index contributed by atoms with van der Waals surface area (Å²) in [4.78, 5) is 0. The Balaban J connectivity index is 2.08.